The number of nitrogens with zero attached hydrogens (tertiary/aromatic N) is 1. The Bertz CT molecular complexity index is 733. The Kier molecular flexibility index (Phi) is 5.15. The first-order valence-electron chi connectivity index (χ1n) is 6.03. The number of anilines is 1. The zero-order valence-corrected chi connectivity index (χ0v) is 13.1. The summed E-state index contributed by atoms with van der Waals surface area (Å²) in [6.07, 6.45) is 1.52. The van der Waals surface area contributed by atoms with Crippen LogP contribution in [-0.4, -0.2) is 5.91 Å². The van der Waals surface area contributed by atoms with Crippen LogP contribution in [0.1, 0.15) is 5.56 Å². The molecular weight excluding hydrogens is 352 g/mol. The number of nitrogens with one attached hydrogen (secondary N) is 1. The van der Waals surface area contributed by atoms with E-state index in [1.165, 1.54) is 6.08 Å². The van der Waals surface area contributed by atoms with Gasteiger partial charge in [0.15, 0.2) is 0 Å². The summed E-state index contributed by atoms with van der Waals surface area (Å²) in [6, 6.07) is 16.0. The Hall–Kier alpha value is -2.09. The fourth-order valence-corrected chi connectivity index (χ4v) is 2.16. The average Bonchev–Trinajstić information content (AvgIpc) is 2.46. The molecule has 1 amide bonds. The molecule has 104 valence electrons. The number of nitriles is 1. The van der Waals surface area contributed by atoms with Gasteiger partial charge in [0, 0.05) is 15.2 Å². The van der Waals surface area contributed by atoms with E-state index in [0.717, 1.165) is 10.0 Å². The lowest BCUT2D eigenvalue weighted by atomic mass is 10.1. The second-order valence-corrected chi connectivity index (χ2v) is 5.54. The van der Waals surface area contributed by atoms with E-state index in [1.54, 1.807) is 42.5 Å². The highest BCUT2D eigenvalue weighted by Crippen LogP contribution is 2.17. The first-order chi connectivity index (χ1) is 10.1. The highest BCUT2D eigenvalue weighted by Gasteiger charge is 2.09. The van der Waals surface area contributed by atoms with E-state index in [-0.39, 0.29) is 5.57 Å². The van der Waals surface area contributed by atoms with Crippen LogP contribution >= 0.6 is 27.5 Å². The maximum absolute atomic E-state index is 12.1. The highest BCUT2D eigenvalue weighted by atomic mass is 79.9. The number of rotatable bonds is 3. The SMILES string of the molecule is N#C/C(=C/c1ccc(Cl)cc1)C(=O)Nc1cccc(Br)c1. The lowest BCUT2D eigenvalue weighted by Crippen LogP contribution is -2.13. The number of amides is 1. The van der Waals surface area contributed by atoms with Crippen LogP contribution in [0.15, 0.2) is 58.6 Å². The molecule has 0 aromatic heterocycles. The van der Waals surface area contributed by atoms with Crippen LogP contribution in [-0.2, 0) is 4.79 Å². The van der Waals surface area contributed by atoms with Crippen molar-refractivity contribution in [2.45, 2.75) is 0 Å². The fourth-order valence-electron chi connectivity index (χ4n) is 1.64. The van der Waals surface area contributed by atoms with E-state index >= 15 is 0 Å². The summed E-state index contributed by atoms with van der Waals surface area (Å²) < 4.78 is 0.848. The summed E-state index contributed by atoms with van der Waals surface area (Å²) >= 11 is 9.12. The zero-order chi connectivity index (χ0) is 15.2. The van der Waals surface area contributed by atoms with E-state index in [2.05, 4.69) is 21.2 Å². The minimum atomic E-state index is -0.453. The van der Waals surface area contributed by atoms with Gasteiger partial charge in [0.1, 0.15) is 11.6 Å². The fraction of sp³-hybridized carbons (Fsp3) is 0. The molecule has 0 heterocycles. The Morgan fingerprint density at radius 1 is 1.24 bits per heavy atom. The molecule has 0 saturated heterocycles. The molecule has 0 aliphatic rings. The van der Waals surface area contributed by atoms with E-state index < -0.39 is 5.91 Å². The molecule has 0 atom stereocenters. The lowest BCUT2D eigenvalue weighted by Gasteiger charge is -2.04. The molecule has 0 aliphatic heterocycles. The molecular formula is C16H10BrClN2O. The molecule has 0 aliphatic carbocycles. The molecule has 2 aromatic carbocycles. The Balaban J connectivity index is 2.19. The number of hydrogen-bond acceptors (Lipinski definition) is 2. The lowest BCUT2D eigenvalue weighted by molar-refractivity contribution is -0.112. The van der Waals surface area contributed by atoms with E-state index in [1.807, 2.05) is 12.1 Å². The number of hydrogen-bond donors (Lipinski definition) is 1. The van der Waals surface area contributed by atoms with Gasteiger partial charge in [0.2, 0.25) is 0 Å². The molecule has 2 aromatic rings. The molecule has 1 N–H and O–H groups in total. The van der Waals surface area contributed by atoms with Crippen molar-refractivity contribution >= 4 is 45.2 Å². The van der Waals surface area contributed by atoms with Crippen LogP contribution in [0.5, 0.6) is 0 Å². The van der Waals surface area contributed by atoms with Gasteiger partial charge in [-0.05, 0) is 42.0 Å². The third-order valence-corrected chi connectivity index (χ3v) is 3.37. The van der Waals surface area contributed by atoms with Crippen LogP contribution in [0.3, 0.4) is 0 Å². The smallest absolute Gasteiger partial charge is 0.266 e. The van der Waals surface area contributed by atoms with E-state index in [0.29, 0.717) is 10.7 Å². The highest BCUT2D eigenvalue weighted by molar-refractivity contribution is 9.10. The number of carbonyl (C=O) groups is 1. The monoisotopic (exact) mass is 360 g/mol. The first kappa shape index (κ1) is 15.3. The van der Waals surface area contributed by atoms with Crippen LogP contribution in [0.4, 0.5) is 5.69 Å². The Morgan fingerprint density at radius 2 is 1.95 bits per heavy atom. The van der Waals surface area contributed by atoms with Gasteiger partial charge in [-0.15, -0.1) is 0 Å². The normalized spacial score (nSPS) is 10.8. The summed E-state index contributed by atoms with van der Waals surface area (Å²) in [5.41, 5.74) is 1.38. The summed E-state index contributed by atoms with van der Waals surface area (Å²) in [5, 5.41) is 12.4. The molecule has 3 nitrogen and oxygen atoms in total. The average molecular weight is 362 g/mol. The number of benzene rings is 2. The number of halogens is 2. The molecule has 0 saturated carbocycles. The third kappa shape index (κ3) is 4.45. The van der Waals surface area contributed by atoms with Crippen LogP contribution in [0, 0.1) is 11.3 Å². The van der Waals surface area contributed by atoms with Gasteiger partial charge in [0.05, 0.1) is 0 Å². The maximum Gasteiger partial charge on any atom is 0.266 e. The summed E-state index contributed by atoms with van der Waals surface area (Å²) in [5.74, 6) is -0.453. The molecule has 5 heteroatoms. The molecule has 0 radical (unpaired) electrons. The quantitative estimate of drug-likeness (QED) is 0.639. The summed E-state index contributed by atoms with van der Waals surface area (Å²) in [6.45, 7) is 0. The molecule has 0 fully saturated rings. The molecule has 0 unspecified atom stereocenters. The Labute approximate surface area is 136 Å². The Morgan fingerprint density at radius 3 is 2.57 bits per heavy atom. The van der Waals surface area contributed by atoms with E-state index in [4.69, 9.17) is 16.9 Å². The van der Waals surface area contributed by atoms with Gasteiger partial charge < -0.3 is 5.32 Å². The van der Waals surface area contributed by atoms with Crippen molar-refractivity contribution in [2.75, 3.05) is 5.32 Å². The van der Waals surface area contributed by atoms with Crippen molar-refractivity contribution < 1.29 is 4.79 Å². The molecule has 0 bridgehead atoms. The largest absolute Gasteiger partial charge is 0.321 e. The second kappa shape index (κ2) is 7.07. The van der Waals surface area contributed by atoms with Gasteiger partial charge in [0.25, 0.3) is 5.91 Å². The minimum absolute atomic E-state index is 0.0253. The molecule has 0 spiro atoms. The molecule has 2 rings (SSSR count). The molecule has 21 heavy (non-hydrogen) atoms. The zero-order valence-electron chi connectivity index (χ0n) is 10.8. The summed E-state index contributed by atoms with van der Waals surface area (Å²) in [7, 11) is 0. The van der Waals surface area contributed by atoms with Gasteiger partial charge in [-0.3, -0.25) is 4.79 Å². The van der Waals surface area contributed by atoms with Crippen molar-refractivity contribution in [3.63, 3.8) is 0 Å². The maximum atomic E-state index is 12.1. The topological polar surface area (TPSA) is 52.9 Å². The van der Waals surface area contributed by atoms with Gasteiger partial charge in [-0.1, -0.05) is 45.7 Å². The van der Waals surface area contributed by atoms with Crippen LogP contribution in [0.2, 0.25) is 5.02 Å². The second-order valence-electron chi connectivity index (χ2n) is 4.19. The van der Waals surface area contributed by atoms with E-state index in [9.17, 15) is 4.79 Å². The van der Waals surface area contributed by atoms with Crippen molar-refractivity contribution in [2.24, 2.45) is 0 Å². The van der Waals surface area contributed by atoms with Crippen molar-refractivity contribution in [3.8, 4) is 6.07 Å². The first-order valence-corrected chi connectivity index (χ1v) is 7.20. The minimum Gasteiger partial charge on any atom is -0.321 e. The standard InChI is InChI=1S/C16H10BrClN2O/c17-13-2-1-3-15(9-13)20-16(21)12(10-19)8-11-4-6-14(18)7-5-11/h1-9H,(H,20,21)/b12-8-. The van der Waals surface area contributed by atoms with Crippen molar-refractivity contribution in [3.05, 3.63) is 69.2 Å². The van der Waals surface area contributed by atoms with Gasteiger partial charge >= 0.3 is 0 Å². The summed E-state index contributed by atoms with van der Waals surface area (Å²) in [4.78, 5) is 12.1. The predicted octanol–water partition coefficient (Wildman–Crippen LogP) is 4.65. The van der Waals surface area contributed by atoms with Crippen LogP contribution < -0.4 is 5.32 Å². The van der Waals surface area contributed by atoms with Crippen molar-refractivity contribution in [1.82, 2.24) is 0 Å². The van der Waals surface area contributed by atoms with Gasteiger partial charge in [-0.25, -0.2) is 0 Å². The number of carbonyl (C=O) groups excluding carboxylic acids is 1. The van der Waals surface area contributed by atoms with Crippen molar-refractivity contribution in [1.29, 1.82) is 5.26 Å². The third-order valence-electron chi connectivity index (χ3n) is 2.63. The predicted molar refractivity (Wildman–Crippen MR) is 87.8 cm³/mol. The van der Waals surface area contributed by atoms with Crippen LogP contribution in [0.25, 0.3) is 6.08 Å². The van der Waals surface area contributed by atoms with Gasteiger partial charge in [-0.2, -0.15) is 5.26 Å².